The van der Waals surface area contributed by atoms with E-state index in [9.17, 15) is 4.79 Å². The number of benzene rings is 1. The summed E-state index contributed by atoms with van der Waals surface area (Å²) in [5.41, 5.74) is 6.81. The molecule has 0 saturated carbocycles. The first-order valence-corrected chi connectivity index (χ1v) is 15.5. The van der Waals surface area contributed by atoms with Crippen LogP contribution in [0.5, 0.6) is 0 Å². The number of pyridine rings is 1. The normalized spacial score (nSPS) is 17.2. The molecule has 6 heteroatoms. The van der Waals surface area contributed by atoms with Crippen molar-refractivity contribution in [3.05, 3.63) is 75.7 Å². The predicted molar refractivity (Wildman–Crippen MR) is 176 cm³/mol. The molecule has 5 nitrogen and oxygen atoms in total. The summed E-state index contributed by atoms with van der Waals surface area (Å²) < 4.78 is 5.60. The predicted octanol–water partition coefficient (Wildman–Crippen LogP) is 10.2. The molecule has 1 aliphatic heterocycles. The van der Waals surface area contributed by atoms with E-state index in [0.717, 1.165) is 42.1 Å². The molecule has 0 N–H and O–H groups in total. The molecule has 1 aliphatic carbocycles. The molecule has 4 rings (SSSR count). The van der Waals surface area contributed by atoms with Crippen molar-refractivity contribution in [2.75, 3.05) is 13.1 Å². The number of amides is 1. The Morgan fingerprint density at radius 3 is 2.41 bits per heavy atom. The summed E-state index contributed by atoms with van der Waals surface area (Å²) >= 11 is 6.40. The van der Waals surface area contributed by atoms with Crippen molar-refractivity contribution in [2.45, 2.75) is 99.5 Å². The van der Waals surface area contributed by atoms with Crippen molar-refractivity contribution < 1.29 is 9.53 Å². The van der Waals surface area contributed by atoms with Gasteiger partial charge in [0.15, 0.2) is 0 Å². The molecule has 1 fully saturated rings. The second-order valence-corrected chi connectivity index (χ2v) is 11.7. The fourth-order valence-corrected chi connectivity index (χ4v) is 5.46. The Labute approximate surface area is 253 Å². The van der Waals surface area contributed by atoms with E-state index in [1.165, 1.54) is 22.3 Å². The van der Waals surface area contributed by atoms with Gasteiger partial charge in [0.1, 0.15) is 5.60 Å². The molecule has 0 radical (unpaired) electrons. The van der Waals surface area contributed by atoms with Gasteiger partial charge in [-0.1, -0.05) is 63.1 Å². The van der Waals surface area contributed by atoms with Gasteiger partial charge in [-0.3, -0.25) is 9.98 Å². The average molecular weight is 580 g/mol. The third kappa shape index (κ3) is 9.85. The molecule has 1 atom stereocenters. The van der Waals surface area contributed by atoms with Crippen LogP contribution in [0.15, 0.2) is 53.3 Å². The SMILES string of the molecule is CC.CC=N/C(C)=C\C.CCCC1=Cc2cc(Cl)ccc2C(C2CCN(C(=O)OC(C)(C)C)CC2)c2ncccc21. The molecule has 2 aromatic rings. The number of piperidine rings is 1. The molecule has 2 aliphatic rings. The molecule has 0 spiro atoms. The largest absolute Gasteiger partial charge is 0.444 e. The molecule has 41 heavy (non-hydrogen) atoms. The molecule has 1 amide bonds. The molecule has 2 heterocycles. The summed E-state index contributed by atoms with van der Waals surface area (Å²) in [5.74, 6) is 0.585. The smallest absolute Gasteiger partial charge is 0.410 e. The highest BCUT2D eigenvalue weighted by atomic mass is 35.5. The number of rotatable bonds is 4. The highest BCUT2D eigenvalue weighted by Gasteiger charge is 2.36. The van der Waals surface area contributed by atoms with Crippen LogP contribution in [0.1, 0.15) is 116 Å². The van der Waals surface area contributed by atoms with Crippen LogP contribution in [0, 0.1) is 5.92 Å². The van der Waals surface area contributed by atoms with E-state index in [1.54, 1.807) is 6.21 Å². The van der Waals surface area contributed by atoms with Crippen molar-refractivity contribution >= 4 is 35.6 Å². The van der Waals surface area contributed by atoms with Gasteiger partial charge in [-0.15, -0.1) is 0 Å². The van der Waals surface area contributed by atoms with Crippen molar-refractivity contribution in [1.29, 1.82) is 0 Å². The highest BCUT2D eigenvalue weighted by molar-refractivity contribution is 6.30. The van der Waals surface area contributed by atoms with Crippen molar-refractivity contribution in [3.8, 4) is 0 Å². The van der Waals surface area contributed by atoms with Crippen molar-refractivity contribution in [3.63, 3.8) is 0 Å². The number of aliphatic imine (C=N–C) groups is 1. The van der Waals surface area contributed by atoms with Gasteiger partial charge < -0.3 is 9.64 Å². The lowest BCUT2D eigenvalue weighted by molar-refractivity contribution is 0.0178. The maximum absolute atomic E-state index is 12.6. The summed E-state index contributed by atoms with van der Waals surface area (Å²) in [7, 11) is 0. The second kappa shape index (κ2) is 16.5. The van der Waals surface area contributed by atoms with E-state index in [0.29, 0.717) is 19.0 Å². The number of fused-ring (bicyclic) bond motifs is 2. The van der Waals surface area contributed by atoms with E-state index in [1.807, 2.05) is 84.7 Å². The lowest BCUT2D eigenvalue weighted by Crippen LogP contribution is -2.42. The Balaban J connectivity index is 0.000000573. The number of ether oxygens (including phenoxy) is 1. The van der Waals surface area contributed by atoms with E-state index in [4.69, 9.17) is 21.3 Å². The van der Waals surface area contributed by atoms with Crippen LogP contribution in [0.25, 0.3) is 11.6 Å². The maximum Gasteiger partial charge on any atom is 0.410 e. The monoisotopic (exact) mass is 579 g/mol. The van der Waals surface area contributed by atoms with Gasteiger partial charge in [0.05, 0.1) is 5.69 Å². The summed E-state index contributed by atoms with van der Waals surface area (Å²) in [6, 6.07) is 10.5. The number of nitrogens with zero attached hydrogens (tertiary/aromatic N) is 3. The maximum atomic E-state index is 12.6. The summed E-state index contributed by atoms with van der Waals surface area (Å²) in [5, 5.41) is 0.758. The zero-order valence-corrected chi connectivity index (χ0v) is 27.4. The molecule has 224 valence electrons. The van der Waals surface area contributed by atoms with E-state index in [2.05, 4.69) is 36.2 Å². The summed E-state index contributed by atoms with van der Waals surface area (Å²) in [6.45, 7) is 19.2. The first-order valence-electron chi connectivity index (χ1n) is 15.1. The molecule has 1 saturated heterocycles. The lowest BCUT2D eigenvalue weighted by atomic mass is 9.76. The van der Waals surface area contributed by atoms with Crippen molar-refractivity contribution in [1.82, 2.24) is 9.88 Å². The molecule has 1 aromatic heterocycles. The Bertz CT molecular complexity index is 1220. The quantitative estimate of drug-likeness (QED) is 0.338. The van der Waals surface area contributed by atoms with E-state index < -0.39 is 5.60 Å². The Kier molecular flexibility index (Phi) is 13.8. The second-order valence-electron chi connectivity index (χ2n) is 11.2. The van der Waals surface area contributed by atoms with Crippen LogP contribution in [-0.2, 0) is 4.74 Å². The fraction of sp³-hybridized carbons (Fsp3) is 0.514. The molecule has 1 unspecified atom stereocenters. The minimum atomic E-state index is -0.475. The van der Waals surface area contributed by atoms with Gasteiger partial charge in [0.25, 0.3) is 0 Å². The number of halogens is 1. The average Bonchev–Trinajstić information content (AvgIpc) is 3.08. The summed E-state index contributed by atoms with van der Waals surface area (Å²) in [4.78, 5) is 23.3. The van der Waals surface area contributed by atoms with Gasteiger partial charge in [0, 0.05) is 42.1 Å². The van der Waals surface area contributed by atoms with Gasteiger partial charge in [-0.05, 0) is 107 Å². The first-order chi connectivity index (χ1) is 19.6. The highest BCUT2D eigenvalue weighted by Crippen LogP contribution is 2.45. The van der Waals surface area contributed by atoms with Gasteiger partial charge >= 0.3 is 6.09 Å². The van der Waals surface area contributed by atoms with E-state index >= 15 is 0 Å². The lowest BCUT2D eigenvalue weighted by Gasteiger charge is -2.37. The van der Waals surface area contributed by atoms with Crippen LogP contribution < -0.4 is 0 Å². The zero-order chi connectivity index (χ0) is 30.6. The number of aromatic nitrogens is 1. The Morgan fingerprint density at radius 1 is 1.17 bits per heavy atom. The van der Waals surface area contributed by atoms with Crippen LogP contribution in [0.3, 0.4) is 0 Å². The first kappa shape index (κ1) is 34.3. The Hall–Kier alpha value is -2.92. The fourth-order valence-electron chi connectivity index (χ4n) is 5.28. The Morgan fingerprint density at radius 2 is 1.85 bits per heavy atom. The number of allylic oxidation sites excluding steroid dienone is 3. The topological polar surface area (TPSA) is 54.8 Å². The third-order valence-electron chi connectivity index (χ3n) is 7.13. The molecular formula is C35H50ClN3O2. The molecular weight excluding hydrogens is 530 g/mol. The van der Waals surface area contributed by atoms with Gasteiger partial charge in [-0.2, -0.15) is 0 Å². The molecule has 1 aromatic carbocycles. The van der Waals surface area contributed by atoms with Crippen LogP contribution in [-0.4, -0.2) is 40.9 Å². The standard InChI is InChI=1S/C27H33ClN2O2.C6H11N.C2H6/c1-5-7-19-16-20-17-21(28)9-10-22(20)24(25-23(19)8-6-13-29-25)18-11-14-30(15-12-18)26(31)32-27(2,3)4;1-4-6(3)7-5-2;1-2/h6,8-10,13,16-18,24H,5,7,11-12,14-15H2,1-4H3;4-5H,1-3H3;1-2H3/b;6-4-,7-5?;. The van der Waals surface area contributed by atoms with Gasteiger partial charge in [0.2, 0.25) is 0 Å². The van der Waals surface area contributed by atoms with Crippen LogP contribution in [0.2, 0.25) is 5.02 Å². The van der Waals surface area contributed by atoms with Crippen LogP contribution in [0.4, 0.5) is 4.79 Å². The summed E-state index contributed by atoms with van der Waals surface area (Å²) in [6.07, 6.45) is 11.7. The minimum absolute atomic E-state index is 0.185. The van der Waals surface area contributed by atoms with Gasteiger partial charge in [-0.25, -0.2) is 4.79 Å². The van der Waals surface area contributed by atoms with E-state index in [-0.39, 0.29) is 12.0 Å². The minimum Gasteiger partial charge on any atom is -0.444 e. The number of hydrogen-bond donors (Lipinski definition) is 0. The number of carbonyl (C=O) groups excluding carboxylic acids is 1. The zero-order valence-electron chi connectivity index (χ0n) is 26.6. The van der Waals surface area contributed by atoms with Crippen LogP contribution >= 0.6 is 11.6 Å². The van der Waals surface area contributed by atoms with Crippen molar-refractivity contribution in [2.24, 2.45) is 10.9 Å². The third-order valence-corrected chi connectivity index (χ3v) is 7.36. The molecule has 0 bridgehead atoms. The number of carbonyl (C=O) groups is 1. The number of likely N-dealkylation sites (tertiary alicyclic amines) is 1. The number of hydrogen-bond acceptors (Lipinski definition) is 4.